The quantitative estimate of drug-likeness (QED) is 0.714. The normalized spacial score (nSPS) is 18.8. The molecule has 128 valence electrons. The Hall–Kier alpha value is -1.80. The largest absolute Gasteiger partial charge is 0.372 e. The van der Waals surface area contributed by atoms with Crippen LogP contribution in [0.1, 0.15) is 51.7 Å². The van der Waals surface area contributed by atoms with E-state index in [0.717, 1.165) is 0 Å². The van der Waals surface area contributed by atoms with Crippen molar-refractivity contribution in [1.82, 2.24) is 0 Å². The lowest BCUT2D eigenvalue weighted by Crippen LogP contribution is -2.49. The monoisotopic (exact) mass is 323 g/mol. The Morgan fingerprint density at radius 2 is 1.38 bits per heavy atom. The minimum Gasteiger partial charge on any atom is -0.372 e. The van der Waals surface area contributed by atoms with Crippen molar-refractivity contribution in [1.29, 1.82) is 0 Å². The van der Waals surface area contributed by atoms with Gasteiger partial charge in [-0.2, -0.15) is 0 Å². The molecule has 0 spiro atoms. The summed E-state index contributed by atoms with van der Waals surface area (Å²) < 4.78 is 6.02. The van der Waals surface area contributed by atoms with Crippen molar-refractivity contribution in [2.45, 2.75) is 64.8 Å². The molecule has 0 bridgehead atoms. The molecule has 1 aliphatic heterocycles. The Bertz CT molecular complexity index is 659. The summed E-state index contributed by atoms with van der Waals surface area (Å²) in [5, 5.41) is 0. The lowest BCUT2D eigenvalue weighted by Gasteiger charge is -2.43. The Labute approximate surface area is 146 Å². The van der Waals surface area contributed by atoms with Gasteiger partial charge in [0.25, 0.3) is 0 Å². The topological polar surface area (TPSA) is 12.5 Å². The van der Waals surface area contributed by atoms with Gasteiger partial charge in [-0.15, -0.1) is 0 Å². The molecule has 2 nitrogen and oxygen atoms in total. The third-order valence-electron chi connectivity index (χ3n) is 5.16. The van der Waals surface area contributed by atoms with Gasteiger partial charge in [0.05, 0.1) is 13.2 Å². The maximum Gasteiger partial charge on any atom is 0.0741 e. The first-order valence-electron chi connectivity index (χ1n) is 8.90. The summed E-state index contributed by atoms with van der Waals surface area (Å²) in [4.78, 5) is 2.60. The molecular weight excluding hydrogens is 294 g/mol. The van der Waals surface area contributed by atoms with Crippen molar-refractivity contribution in [2.24, 2.45) is 0 Å². The third-order valence-corrected chi connectivity index (χ3v) is 5.16. The van der Waals surface area contributed by atoms with Crippen LogP contribution in [0.4, 0.5) is 5.69 Å². The average molecular weight is 323 g/mol. The summed E-state index contributed by atoms with van der Waals surface area (Å²) >= 11 is 0. The molecule has 0 aromatic heterocycles. The fraction of sp³-hybridized carbons (Fsp3) is 0.455. The predicted molar refractivity (Wildman–Crippen MR) is 101 cm³/mol. The Morgan fingerprint density at radius 1 is 0.792 bits per heavy atom. The van der Waals surface area contributed by atoms with E-state index in [1.807, 2.05) is 6.07 Å². The van der Waals surface area contributed by atoms with E-state index in [1.165, 1.54) is 29.7 Å². The molecular formula is C22H29NO. The second-order valence-electron chi connectivity index (χ2n) is 8.07. The molecule has 0 aliphatic carbocycles. The lowest BCUT2D eigenvalue weighted by molar-refractivity contribution is 0.107. The van der Waals surface area contributed by atoms with Crippen LogP contribution in [0.5, 0.6) is 0 Å². The van der Waals surface area contributed by atoms with Crippen LogP contribution in [0.15, 0.2) is 54.6 Å². The van der Waals surface area contributed by atoms with Crippen molar-refractivity contribution in [2.75, 3.05) is 4.90 Å². The van der Waals surface area contributed by atoms with Gasteiger partial charge in [-0.05, 0) is 52.2 Å². The summed E-state index contributed by atoms with van der Waals surface area (Å²) in [5.74, 6) is 0. The van der Waals surface area contributed by atoms with Gasteiger partial charge in [0.15, 0.2) is 0 Å². The third kappa shape index (κ3) is 3.49. The minimum absolute atomic E-state index is 0.180. The van der Waals surface area contributed by atoms with E-state index in [9.17, 15) is 0 Å². The summed E-state index contributed by atoms with van der Waals surface area (Å²) in [6.45, 7) is 10.7. The maximum atomic E-state index is 6.02. The lowest BCUT2D eigenvalue weighted by atomic mass is 10.00. The SMILES string of the molecule is CC1(C)CCC(C)(C)N1c1ccccc1COCc1ccccc1. The molecule has 1 fully saturated rings. The maximum absolute atomic E-state index is 6.02. The van der Waals surface area contributed by atoms with Gasteiger partial charge >= 0.3 is 0 Å². The van der Waals surface area contributed by atoms with Crippen LogP contribution in [-0.4, -0.2) is 11.1 Å². The zero-order valence-corrected chi connectivity index (χ0v) is 15.4. The predicted octanol–water partition coefficient (Wildman–Crippen LogP) is 5.56. The van der Waals surface area contributed by atoms with Gasteiger partial charge in [-0.3, -0.25) is 0 Å². The highest BCUT2D eigenvalue weighted by molar-refractivity contribution is 5.58. The molecule has 2 heteroatoms. The number of para-hydroxylation sites is 1. The molecule has 0 N–H and O–H groups in total. The standard InChI is InChI=1S/C22H29NO/c1-21(2)14-15-22(3,4)23(21)20-13-9-8-12-19(20)17-24-16-18-10-6-5-7-11-18/h5-13H,14-17H2,1-4H3. The van der Waals surface area contributed by atoms with Gasteiger partial charge in [-0.25, -0.2) is 0 Å². The van der Waals surface area contributed by atoms with Crippen molar-refractivity contribution >= 4 is 5.69 Å². The van der Waals surface area contributed by atoms with Crippen molar-refractivity contribution in [3.63, 3.8) is 0 Å². The van der Waals surface area contributed by atoms with E-state index in [-0.39, 0.29) is 11.1 Å². The highest BCUT2D eigenvalue weighted by Gasteiger charge is 2.44. The Morgan fingerprint density at radius 3 is 2.04 bits per heavy atom. The molecule has 2 aromatic carbocycles. The first-order valence-corrected chi connectivity index (χ1v) is 8.90. The molecule has 0 unspecified atom stereocenters. The Kier molecular flexibility index (Phi) is 4.69. The van der Waals surface area contributed by atoms with Crippen molar-refractivity contribution < 1.29 is 4.74 Å². The first-order chi connectivity index (χ1) is 11.4. The second kappa shape index (κ2) is 6.60. The van der Waals surface area contributed by atoms with Crippen LogP contribution in [0.2, 0.25) is 0 Å². The fourth-order valence-electron chi connectivity index (χ4n) is 4.01. The van der Waals surface area contributed by atoms with E-state index in [4.69, 9.17) is 4.74 Å². The molecule has 0 atom stereocenters. The Balaban J connectivity index is 1.78. The molecule has 1 heterocycles. The van der Waals surface area contributed by atoms with Crippen molar-refractivity contribution in [3.05, 3.63) is 65.7 Å². The van der Waals surface area contributed by atoms with E-state index in [2.05, 4.69) is 81.1 Å². The summed E-state index contributed by atoms with van der Waals surface area (Å²) in [6, 6.07) is 19.1. The average Bonchev–Trinajstić information content (AvgIpc) is 2.77. The number of benzene rings is 2. The van der Waals surface area contributed by atoms with Gasteiger partial charge in [0, 0.05) is 22.3 Å². The first kappa shape index (κ1) is 17.0. The van der Waals surface area contributed by atoms with Gasteiger partial charge < -0.3 is 9.64 Å². The zero-order valence-electron chi connectivity index (χ0n) is 15.4. The summed E-state index contributed by atoms with van der Waals surface area (Å²) in [6.07, 6.45) is 2.44. The molecule has 0 amide bonds. The molecule has 1 saturated heterocycles. The van der Waals surface area contributed by atoms with Gasteiger partial charge in [0.2, 0.25) is 0 Å². The van der Waals surface area contributed by atoms with Crippen LogP contribution in [0.25, 0.3) is 0 Å². The molecule has 0 saturated carbocycles. The van der Waals surface area contributed by atoms with Gasteiger partial charge in [0.1, 0.15) is 0 Å². The van der Waals surface area contributed by atoms with Gasteiger partial charge in [-0.1, -0.05) is 48.5 Å². The summed E-state index contributed by atoms with van der Waals surface area (Å²) in [5.41, 5.74) is 4.17. The molecule has 0 radical (unpaired) electrons. The van der Waals surface area contributed by atoms with Crippen LogP contribution >= 0.6 is 0 Å². The minimum atomic E-state index is 0.180. The second-order valence-corrected chi connectivity index (χ2v) is 8.07. The number of hydrogen-bond acceptors (Lipinski definition) is 2. The molecule has 1 aliphatic rings. The molecule has 24 heavy (non-hydrogen) atoms. The van der Waals surface area contributed by atoms with E-state index in [1.54, 1.807) is 0 Å². The van der Waals surface area contributed by atoms with Crippen LogP contribution in [-0.2, 0) is 18.0 Å². The smallest absolute Gasteiger partial charge is 0.0741 e. The van der Waals surface area contributed by atoms with E-state index < -0.39 is 0 Å². The number of nitrogens with zero attached hydrogens (tertiary/aromatic N) is 1. The summed E-state index contributed by atoms with van der Waals surface area (Å²) in [7, 11) is 0. The van der Waals surface area contributed by atoms with E-state index >= 15 is 0 Å². The highest BCUT2D eigenvalue weighted by Crippen LogP contribution is 2.45. The fourth-order valence-corrected chi connectivity index (χ4v) is 4.01. The van der Waals surface area contributed by atoms with Crippen LogP contribution in [0.3, 0.4) is 0 Å². The number of anilines is 1. The van der Waals surface area contributed by atoms with Crippen molar-refractivity contribution in [3.8, 4) is 0 Å². The van der Waals surface area contributed by atoms with Crippen LogP contribution in [0, 0.1) is 0 Å². The number of ether oxygens (including phenoxy) is 1. The number of rotatable bonds is 5. The zero-order chi connectivity index (χ0) is 17.2. The number of hydrogen-bond donors (Lipinski definition) is 0. The van der Waals surface area contributed by atoms with E-state index in [0.29, 0.717) is 13.2 Å². The van der Waals surface area contributed by atoms with Crippen LogP contribution < -0.4 is 4.90 Å². The molecule has 2 aromatic rings. The molecule has 3 rings (SSSR count). The highest BCUT2D eigenvalue weighted by atomic mass is 16.5.